The molecule has 3 nitrogen and oxygen atoms in total. The first kappa shape index (κ1) is 18.1. The fraction of sp³-hybridized carbons (Fsp3) is 0.304. The number of aryl methyl sites for hydroxylation is 1. The number of aromatic nitrogens is 2. The van der Waals surface area contributed by atoms with Gasteiger partial charge in [-0.15, -0.1) is 0 Å². The molecule has 2 aromatic carbocycles. The van der Waals surface area contributed by atoms with Gasteiger partial charge in [-0.1, -0.05) is 80.8 Å². The van der Waals surface area contributed by atoms with Crippen LogP contribution in [0, 0.1) is 6.92 Å². The molecule has 3 rings (SSSR count). The average Bonchev–Trinajstić information content (AvgIpc) is 2.68. The van der Waals surface area contributed by atoms with Crippen LogP contribution in [-0.2, 0) is 0 Å². The highest BCUT2D eigenvalue weighted by molar-refractivity contribution is 5.68. The topological polar surface area (TPSA) is 37.8 Å². The molecule has 0 amide bonds. The number of nitrogens with zero attached hydrogens (tertiary/aromatic N) is 2. The summed E-state index contributed by atoms with van der Waals surface area (Å²) in [6, 6.07) is 20.9. The molecule has 1 heterocycles. The Morgan fingerprint density at radius 1 is 0.769 bits per heavy atom. The van der Waals surface area contributed by atoms with E-state index in [2.05, 4.69) is 65.8 Å². The molecule has 3 aromatic rings. The van der Waals surface area contributed by atoms with Gasteiger partial charge in [0.2, 0.25) is 0 Å². The lowest BCUT2D eigenvalue weighted by Crippen LogP contribution is -2.05. The van der Waals surface area contributed by atoms with Gasteiger partial charge in [-0.2, -0.15) is 0 Å². The van der Waals surface area contributed by atoms with E-state index >= 15 is 0 Å². The van der Waals surface area contributed by atoms with Crippen molar-refractivity contribution in [2.45, 2.75) is 39.5 Å². The molecule has 0 fully saturated rings. The SMILES string of the molecule is CCCCCCNc1cc(C)nc(-c2ccc(-c3ccccc3)cc2)n1. The maximum absolute atomic E-state index is 4.70. The zero-order valence-corrected chi connectivity index (χ0v) is 15.7. The lowest BCUT2D eigenvalue weighted by atomic mass is 10.0. The largest absolute Gasteiger partial charge is 0.370 e. The van der Waals surface area contributed by atoms with Crippen molar-refractivity contribution in [2.75, 3.05) is 11.9 Å². The number of unbranched alkanes of at least 4 members (excludes halogenated alkanes) is 3. The van der Waals surface area contributed by atoms with Gasteiger partial charge in [-0.3, -0.25) is 0 Å². The van der Waals surface area contributed by atoms with Gasteiger partial charge in [-0.05, 0) is 24.5 Å². The second-order valence-electron chi connectivity index (χ2n) is 6.65. The molecule has 0 bridgehead atoms. The van der Waals surface area contributed by atoms with E-state index in [0.29, 0.717) is 0 Å². The van der Waals surface area contributed by atoms with Gasteiger partial charge in [-0.25, -0.2) is 9.97 Å². The quantitative estimate of drug-likeness (QED) is 0.500. The smallest absolute Gasteiger partial charge is 0.161 e. The van der Waals surface area contributed by atoms with Crippen molar-refractivity contribution < 1.29 is 0 Å². The molecule has 0 unspecified atom stereocenters. The van der Waals surface area contributed by atoms with Crippen molar-refractivity contribution >= 4 is 5.82 Å². The van der Waals surface area contributed by atoms with Crippen LogP contribution in [0.2, 0.25) is 0 Å². The van der Waals surface area contributed by atoms with Gasteiger partial charge >= 0.3 is 0 Å². The second-order valence-corrected chi connectivity index (χ2v) is 6.65. The molecule has 134 valence electrons. The number of rotatable bonds is 8. The average molecular weight is 345 g/mol. The number of hydrogen-bond donors (Lipinski definition) is 1. The van der Waals surface area contributed by atoms with E-state index in [0.717, 1.165) is 29.4 Å². The zero-order chi connectivity index (χ0) is 18.2. The van der Waals surface area contributed by atoms with Crippen molar-refractivity contribution in [3.8, 4) is 22.5 Å². The molecule has 26 heavy (non-hydrogen) atoms. The van der Waals surface area contributed by atoms with Gasteiger partial charge in [0, 0.05) is 23.9 Å². The highest BCUT2D eigenvalue weighted by Gasteiger charge is 2.06. The molecule has 0 spiro atoms. The van der Waals surface area contributed by atoms with Crippen LogP contribution in [0.25, 0.3) is 22.5 Å². The fourth-order valence-corrected chi connectivity index (χ4v) is 3.00. The van der Waals surface area contributed by atoms with Crippen molar-refractivity contribution in [1.82, 2.24) is 9.97 Å². The molecule has 1 aromatic heterocycles. The van der Waals surface area contributed by atoms with Crippen LogP contribution in [0.1, 0.15) is 38.3 Å². The monoisotopic (exact) mass is 345 g/mol. The lowest BCUT2D eigenvalue weighted by Gasteiger charge is -2.09. The number of benzene rings is 2. The normalized spacial score (nSPS) is 10.7. The van der Waals surface area contributed by atoms with Crippen molar-refractivity contribution in [2.24, 2.45) is 0 Å². The highest BCUT2D eigenvalue weighted by Crippen LogP contribution is 2.24. The first-order chi connectivity index (χ1) is 12.8. The van der Waals surface area contributed by atoms with Gasteiger partial charge in [0.15, 0.2) is 5.82 Å². The maximum atomic E-state index is 4.70. The van der Waals surface area contributed by atoms with Gasteiger partial charge in [0.05, 0.1) is 0 Å². The maximum Gasteiger partial charge on any atom is 0.161 e. The molecule has 0 atom stereocenters. The Hall–Kier alpha value is -2.68. The Morgan fingerprint density at radius 3 is 2.19 bits per heavy atom. The van der Waals surface area contributed by atoms with Crippen LogP contribution in [0.3, 0.4) is 0 Å². The van der Waals surface area contributed by atoms with E-state index in [1.54, 1.807) is 0 Å². The summed E-state index contributed by atoms with van der Waals surface area (Å²) < 4.78 is 0. The summed E-state index contributed by atoms with van der Waals surface area (Å²) in [7, 11) is 0. The summed E-state index contributed by atoms with van der Waals surface area (Å²) in [6.07, 6.45) is 5.00. The third-order valence-corrected chi connectivity index (χ3v) is 4.44. The standard InChI is InChI=1S/C23H27N3/c1-3-4-5-9-16-24-22-17-18(2)25-23(26-22)21-14-12-20(13-15-21)19-10-7-6-8-11-19/h6-8,10-15,17H,3-5,9,16H2,1-2H3,(H,24,25,26). The van der Waals surface area contributed by atoms with E-state index < -0.39 is 0 Å². The molecular formula is C23H27N3. The van der Waals surface area contributed by atoms with Crippen LogP contribution >= 0.6 is 0 Å². The molecule has 0 aliphatic heterocycles. The Labute approximate surface area is 156 Å². The summed E-state index contributed by atoms with van der Waals surface area (Å²) in [5, 5.41) is 3.44. The van der Waals surface area contributed by atoms with Crippen LogP contribution in [0.5, 0.6) is 0 Å². The van der Waals surface area contributed by atoms with Crippen LogP contribution < -0.4 is 5.32 Å². The Morgan fingerprint density at radius 2 is 1.46 bits per heavy atom. The summed E-state index contributed by atoms with van der Waals surface area (Å²) in [6.45, 7) is 5.21. The molecule has 0 aliphatic rings. The highest BCUT2D eigenvalue weighted by atomic mass is 15.0. The number of anilines is 1. The van der Waals surface area contributed by atoms with Crippen LogP contribution in [0.4, 0.5) is 5.82 Å². The summed E-state index contributed by atoms with van der Waals surface area (Å²) in [4.78, 5) is 9.31. The van der Waals surface area contributed by atoms with Crippen molar-refractivity contribution in [3.05, 3.63) is 66.4 Å². The first-order valence-electron chi connectivity index (χ1n) is 9.51. The van der Waals surface area contributed by atoms with Crippen LogP contribution in [-0.4, -0.2) is 16.5 Å². The van der Waals surface area contributed by atoms with Crippen molar-refractivity contribution in [1.29, 1.82) is 0 Å². The number of hydrogen-bond acceptors (Lipinski definition) is 3. The second kappa shape index (κ2) is 9.14. The molecule has 1 N–H and O–H groups in total. The van der Waals surface area contributed by atoms with E-state index in [4.69, 9.17) is 4.98 Å². The summed E-state index contributed by atoms with van der Waals surface area (Å²) >= 11 is 0. The fourth-order valence-electron chi connectivity index (χ4n) is 3.00. The Balaban J connectivity index is 1.72. The lowest BCUT2D eigenvalue weighted by molar-refractivity contribution is 0.684. The summed E-state index contributed by atoms with van der Waals surface area (Å²) in [5.74, 6) is 1.69. The molecular weight excluding hydrogens is 318 g/mol. The van der Waals surface area contributed by atoms with E-state index in [-0.39, 0.29) is 0 Å². The van der Waals surface area contributed by atoms with Crippen LogP contribution in [0.15, 0.2) is 60.7 Å². The van der Waals surface area contributed by atoms with Gasteiger partial charge in [0.1, 0.15) is 5.82 Å². The summed E-state index contributed by atoms with van der Waals surface area (Å²) in [5.41, 5.74) is 4.45. The third kappa shape index (κ3) is 4.92. The Bertz CT molecular complexity index is 811. The van der Waals surface area contributed by atoms with E-state index in [1.807, 2.05) is 19.1 Å². The molecule has 0 saturated carbocycles. The number of nitrogens with one attached hydrogen (secondary N) is 1. The molecule has 0 radical (unpaired) electrons. The predicted molar refractivity (Wildman–Crippen MR) is 110 cm³/mol. The molecule has 0 aliphatic carbocycles. The minimum Gasteiger partial charge on any atom is -0.370 e. The van der Waals surface area contributed by atoms with E-state index in [9.17, 15) is 0 Å². The predicted octanol–water partition coefficient (Wildman–Crippen LogP) is 6.11. The Kier molecular flexibility index (Phi) is 6.37. The minimum absolute atomic E-state index is 0.778. The van der Waals surface area contributed by atoms with E-state index in [1.165, 1.54) is 36.8 Å². The minimum atomic E-state index is 0.778. The molecule has 3 heteroatoms. The first-order valence-corrected chi connectivity index (χ1v) is 9.51. The zero-order valence-electron chi connectivity index (χ0n) is 15.7. The van der Waals surface area contributed by atoms with Gasteiger partial charge < -0.3 is 5.32 Å². The third-order valence-electron chi connectivity index (χ3n) is 4.44. The molecule has 0 saturated heterocycles. The van der Waals surface area contributed by atoms with Crippen molar-refractivity contribution in [3.63, 3.8) is 0 Å². The van der Waals surface area contributed by atoms with Gasteiger partial charge in [0.25, 0.3) is 0 Å².